The number of likely N-dealkylation sites (N-methyl/N-ethyl adjacent to an activating group) is 1. The van der Waals surface area contributed by atoms with Gasteiger partial charge in [0.2, 0.25) is 0 Å². The third-order valence-electron chi connectivity index (χ3n) is 6.71. The van der Waals surface area contributed by atoms with E-state index in [0.29, 0.717) is 13.0 Å². The second-order valence-corrected chi connectivity index (χ2v) is 15.9. The fourth-order valence-electron chi connectivity index (χ4n) is 3.99. The number of nitrogens with zero attached hydrogens (tertiary/aromatic N) is 2. The van der Waals surface area contributed by atoms with E-state index in [1.165, 1.54) is 4.90 Å². The molecule has 0 saturated heterocycles. The molecule has 0 saturated carbocycles. The molecule has 1 aromatic carbocycles. The molecular formula is C21H32BrN3O2Si. The largest absolute Gasteiger partial charge is 0.416 e. The Labute approximate surface area is 178 Å². The average Bonchev–Trinajstić information content (AvgIpc) is 2.78. The number of rotatable bonds is 3. The van der Waals surface area contributed by atoms with Crippen molar-refractivity contribution < 1.29 is 9.22 Å². The summed E-state index contributed by atoms with van der Waals surface area (Å²) in [6.45, 7) is 14.1. The van der Waals surface area contributed by atoms with Crippen LogP contribution < -0.4 is 5.73 Å². The van der Waals surface area contributed by atoms with E-state index in [1.54, 1.807) is 7.05 Å². The van der Waals surface area contributed by atoms with Crippen LogP contribution in [0, 0.1) is 5.41 Å². The van der Waals surface area contributed by atoms with Gasteiger partial charge in [-0.2, -0.15) is 0 Å². The molecule has 1 aromatic rings. The molecule has 1 amide bonds. The molecule has 0 radical (unpaired) electrons. The maximum absolute atomic E-state index is 13.3. The number of halogens is 1. The molecule has 1 aliphatic heterocycles. The van der Waals surface area contributed by atoms with Crippen LogP contribution >= 0.6 is 15.9 Å². The van der Waals surface area contributed by atoms with Crippen LogP contribution in [0.1, 0.15) is 45.2 Å². The van der Waals surface area contributed by atoms with E-state index in [0.717, 1.165) is 22.0 Å². The highest BCUT2D eigenvalue weighted by atomic mass is 79.9. The molecular weight excluding hydrogens is 434 g/mol. The molecule has 0 aromatic heterocycles. The molecule has 3 rings (SSSR count). The number of aliphatic imine (C=N–C) groups is 1. The highest BCUT2D eigenvalue weighted by Crippen LogP contribution is 2.51. The third-order valence-corrected chi connectivity index (χ3v) is 11.7. The predicted octanol–water partition coefficient (Wildman–Crippen LogP) is 4.41. The molecule has 1 spiro atoms. The number of amides is 1. The number of nitrogens with two attached hydrogens (primary N) is 1. The summed E-state index contributed by atoms with van der Waals surface area (Å²) in [6.07, 6.45) is 1.46. The third kappa shape index (κ3) is 3.46. The summed E-state index contributed by atoms with van der Waals surface area (Å²) < 4.78 is 7.54. The monoisotopic (exact) mass is 465 g/mol. The molecule has 7 heteroatoms. The first kappa shape index (κ1) is 21.5. The van der Waals surface area contributed by atoms with Gasteiger partial charge in [-0.15, -0.1) is 0 Å². The van der Waals surface area contributed by atoms with Gasteiger partial charge in [0.1, 0.15) is 0 Å². The van der Waals surface area contributed by atoms with E-state index in [1.807, 2.05) is 12.1 Å². The van der Waals surface area contributed by atoms with Crippen molar-refractivity contribution in [1.82, 2.24) is 4.90 Å². The van der Waals surface area contributed by atoms with Crippen LogP contribution in [0.15, 0.2) is 27.7 Å². The number of fused-ring (bicyclic) bond motifs is 2. The maximum Gasteiger partial charge on any atom is 0.261 e. The molecule has 5 nitrogen and oxygen atoms in total. The van der Waals surface area contributed by atoms with Crippen molar-refractivity contribution in [2.75, 3.05) is 13.7 Å². The van der Waals surface area contributed by atoms with E-state index >= 15 is 0 Å². The fraction of sp³-hybridized carbons (Fsp3) is 0.619. The van der Waals surface area contributed by atoms with E-state index < -0.39 is 13.9 Å². The number of carbonyl (C=O) groups excluding carboxylic acids is 1. The van der Waals surface area contributed by atoms with Crippen molar-refractivity contribution in [2.24, 2.45) is 16.1 Å². The molecule has 1 unspecified atom stereocenters. The summed E-state index contributed by atoms with van der Waals surface area (Å²) in [5, 5.41) is 0.143. The quantitative estimate of drug-likeness (QED) is 0.672. The zero-order chi connectivity index (χ0) is 21.1. The topological polar surface area (TPSA) is 67.9 Å². The minimum absolute atomic E-state index is 0.0531. The molecule has 28 heavy (non-hydrogen) atoms. The number of carbonyl (C=O) groups is 1. The number of benzene rings is 1. The van der Waals surface area contributed by atoms with Crippen molar-refractivity contribution in [3.05, 3.63) is 33.8 Å². The normalized spacial score (nSPS) is 27.9. The smallest absolute Gasteiger partial charge is 0.261 e. The lowest BCUT2D eigenvalue weighted by atomic mass is 9.64. The Morgan fingerprint density at radius 2 is 2.00 bits per heavy atom. The standard InChI is InChI=1S/C21H32BrN3O2Si/c1-19(2,3)28(6,7)27-13-20(4)11-14-8-9-15(22)10-16(14)21(12-20)17(26)25(5)18(23)24-21/h8-10H,11-13H2,1-7H3,(H2,23,24)/t20-,21?/m1/s1. The highest BCUT2D eigenvalue weighted by Gasteiger charge is 2.55. The van der Waals surface area contributed by atoms with Crippen LogP contribution in [0.2, 0.25) is 18.1 Å². The molecule has 0 bridgehead atoms. The lowest BCUT2D eigenvalue weighted by molar-refractivity contribution is -0.132. The molecule has 2 atom stereocenters. The van der Waals surface area contributed by atoms with Gasteiger partial charge in [0, 0.05) is 18.1 Å². The Kier molecular flexibility index (Phi) is 5.13. The Hall–Kier alpha value is -1.18. The van der Waals surface area contributed by atoms with Crippen LogP contribution in [0.3, 0.4) is 0 Å². The molecule has 1 aliphatic carbocycles. The minimum Gasteiger partial charge on any atom is -0.416 e. The fourth-order valence-corrected chi connectivity index (χ4v) is 5.49. The Bertz CT molecular complexity index is 849. The Balaban J connectivity index is 2.02. The van der Waals surface area contributed by atoms with Crippen LogP contribution in [-0.4, -0.2) is 38.7 Å². The van der Waals surface area contributed by atoms with Gasteiger partial charge >= 0.3 is 0 Å². The first-order chi connectivity index (χ1) is 12.7. The van der Waals surface area contributed by atoms with Gasteiger partial charge in [-0.25, -0.2) is 4.99 Å². The van der Waals surface area contributed by atoms with Crippen molar-refractivity contribution in [1.29, 1.82) is 0 Å². The molecule has 1 heterocycles. The van der Waals surface area contributed by atoms with Crippen LogP contribution in [0.25, 0.3) is 0 Å². The summed E-state index contributed by atoms with van der Waals surface area (Å²) in [5.74, 6) is 0.230. The molecule has 0 fully saturated rings. The van der Waals surface area contributed by atoms with E-state index in [-0.39, 0.29) is 22.3 Å². The molecule has 154 valence electrons. The lowest BCUT2D eigenvalue weighted by Crippen LogP contribution is -2.50. The maximum atomic E-state index is 13.3. The minimum atomic E-state index is -1.89. The number of hydrogen-bond donors (Lipinski definition) is 1. The second kappa shape index (κ2) is 6.67. The van der Waals surface area contributed by atoms with Gasteiger partial charge in [-0.05, 0) is 59.6 Å². The van der Waals surface area contributed by atoms with E-state index in [9.17, 15) is 4.79 Å². The highest BCUT2D eigenvalue weighted by molar-refractivity contribution is 9.10. The average molecular weight is 466 g/mol. The van der Waals surface area contributed by atoms with Crippen LogP contribution in [-0.2, 0) is 21.2 Å². The van der Waals surface area contributed by atoms with Gasteiger partial charge in [0.15, 0.2) is 19.8 Å². The first-order valence-corrected chi connectivity index (χ1v) is 13.5. The van der Waals surface area contributed by atoms with Crippen molar-refractivity contribution in [2.45, 2.75) is 64.2 Å². The van der Waals surface area contributed by atoms with E-state index in [4.69, 9.17) is 15.2 Å². The van der Waals surface area contributed by atoms with Crippen molar-refractivity contribution in [3.63, 3.8) is 0 Å². The summed E-state index contributed by atoms with van der Waals surface area (Å²) in [6, 6.07) is 6.16. The van der Waals surface area contributed by atoms with Gasteiger partial charge in [0.05, 0.1) is 0 Å². The Morgan fingerprint density at radius 1 is 1.36 bits per heavy atom. The van der Waals surface area contributed by atoms with Gasteiger partial charge in [-0.3, -0.25) is 9.69 Å². The summed E-state index contributed by atoms with van der Waals surface area (Å²) >= 11 is 3.55. The van der Waals surface area contributed by atoms with Gasteiger partial charge in [-0.1, -0.05) is 49.7 Å². The molecule has 2 N–H and O–H groups in total. The zero-order valence-electron chi connectivity index (χ0n) is 18.0. The molecule has 2 aliphatic rings. The SMILES string of the molecule is CN1C(=O)C2(C[C@](C)(CO[Si](C)(C)C(C)(C)C)Cc3ccc(Br)cc32)N=C1N. The summed E-state index contributed by atoms with van der Waals surface area (Å²) in [5.41, 5.74) is 7.04. The number of hydrogen-bond acceptors (Lipinski definition) is 4. The lowest BCUT2D eigenvalue weighted by Gasteiger charge is -2.45. The Morgan fingerprint density at radius 3 is 2.54 bits per heavy atom. The van der Waals surface area contributed by atoms with Crippen molar-refractivity contribution in [3.8, 4) is 0 Å². The van der Waals surface area contributed by atoms with Crippen molar-refractivity contribution >= 4 is 36.1 Å². The predicted molar refractivity (Wildman–Crippen MR) is 120 cm³/mol. The summed E-state index contributed by atoms with van der Waals surface area (Å²) in [7, 11) is -0.195. The van der Waals surface area contributed by atoms with Crippen LogP contribution in [0.5, 0.6) is 0 Å². The summed E-state index contributed by atoms with van der Waals surface area (Å²) in [4.78, 5) is 19.5. The van der Waals surface area contributed by atoms with Gasteiger partial charge < -0.3 is 10.2 Å². The van der Waals surface area contributed by atoms with Crippen LogP contribution in [0.4, 0.5) is 0 Å². The zero-order valence-corrected chi connectivity index (χ0v) is 20.6. The first-order valence-electron chi connectivity index (χ1n) is 9.77. The van der Waals surface area contributed by atoms with E-state index in [2.05, 4.69) is 62.8 Å². The van der Waals surface area contributed by atoms with Gasteiger partial charge in [0.25, 0.3) is 5.91 Å². The second-order valence-electron chi connectivity index (χ2n) is 10.2. The number of guanidine groups is 1.